The number of carbonyl (C=O) groups excluding carboxylic acids is 1. The first-order valence-electron chi connectivity index (χ1n) is 24.9. The number of aliphatic hydroxyl groups is 1. The lowest BCUT2D eigenvalue weighted by Crippen LogP contribution is -2.46. The molecule has 1 rings (SSSR count). The van der Waals surface area contributed by atoms with Crippen LogP contribution in [0.5, 0.6) is 0 Å². The zero-order valence-electron chi connectivity index (χ0n) is 37.6. The third kappa shape index (κ3) is 35.0. The van der Waals surface area contributed by atoms with Crippen LogP contribution in [0.2, 0.25) is 0 Å². The molecule has 0 saturated carbocycles. The Morgan fingerprint density at radius 2 is 1.00 bits per heavy atom. The standard InChI is InChI=1S/C49H98N2O4/c1-4-7-10-13-15-16-17-18-19-20-21-22-24-27-32-37-49(53)51(45-48(52)44-50-39-42-54-43-40-50)38-33-28-29-34-41-55-46-47(35-30-25-12-9-6-3)36-31-26-23-14-11-8-5-2/h47-48,52H,4-46H2,1-3H3. The largest absolute Gasteiger partial charge is 0.390 e. The molecule has 1 heterocycles. The van der Waals surface area contributed by atoms with Gasteiger partial charge in [0.1, 0.15) is 0 Å². The number of aliphatic hydroxyl groups excluding tert-OH is 1. The van der Waals surface area contributed by atoms with Gasteiger partial charge in [-0.3, -0.25) is 9.69 Å². The second-order valence-corrected chi connectivity index (χ2v) is 17.6. The predicted octanol–water partition coefficient (Wildman–Crippen LogP) is 13.5. The molecule has 1 N–H and O–H groups in total. The van der Waals surface area contributed by atoms with Crippen LogP contribution in [0, 0.1) is 5.92 Å². The summed E-state index contributed by atoms with van der Waals surface area (Å²) in [6.45, 7) is 13.7. The molecule has 0 aromatic heterocycles. The summed E-state index contributed by atoms with van der Waals surface area (Å²) >= 11 is 0. The second kappa shape index (κ2) is 41.5. The monoisotopic (exact) mass is 779 g/mol. The minimum absolute atomic E-state index is 0.237. The lowest BCUT2D eigenvalue weighted by Gasteiger charge is -2.31. The van der Waals surface area contributed by atoms with Crippen molar-refractivity contribution in [2.45, 2.75) is 245 Å². The lowest BCUT2D eigenvalue weighted by molar-refractivity contribution is -0.133. The average molecular weight is 779 g/mol. The highest BCUT2D eigenvalue weighted by atomic mass is 16.5. The SMILES string of the molecule is CCCCCCCCCCCCCCCCCC(=O)N(CCCCCCOCC(CCCCCCC)CCCCCCCCC)CC(O)CN1CCOCC1. The van der Waals surface area contributed by atoms with E-state index < -0.39 is 6.10 Å². The second-order valence-electron chi connectivity index (χ2n) is 17.6. The molecule has 55 heavy (non-hydrogen) atoms. The number of rotatable bonds is 43. The summed E-state index contributed by atoms with van der Waals surface area (Å²) in [4.78, 5) is 17.7. The first-order valence-corrected chi connectivity index (χ1v) is 24.9. The molecule has 2 unspecified atom stereocenters. The summed E-state index contributed by atoms with van der Waals surface area (Å²) in [5.74, 6) is 0.964. The quantitative estimate of drug-likeness (QED) is 0.0625. The first-order chi connectivity index (χ1) is 27.1. The molecule has 0 aromatic rings. The van der Waals surface area contributed by atoms with Gasteiger partial charge >= 0.3 is 0 Å². The van der Waals surface area contributed by atoms with Crippen LogP contribution in [0.4, 0.5) is 0 Å². The van der Waals surface area contributed by atoms with Gasteiger partial charge in [-0.05, 0) is 38.0 Å². The number of hydrogen-bond acceptors (Lipinski definition) is 5. The maximum atomic E-state index is 13.4. The Labute approximate surface area is 344 Å². The summed E-state index contributed by atoms with van der Waals surface area (Å²) in [6.07, 6.45) is 43.7. The number of morpholine rings is 1. The van der Waals surface area contributed by atoms with Crippen LogP contribution in [0.1, 0.15) is 239 Å². The van der Waals surface area contributed by atoms with Gasteiger partial charge in [-0.25, -0.2) is 0 Å². The van der Waals surface area contributed by atoms with E-state index in [-0.39, 0.29) is 5.91 Å². The fourth-order valence-electron chi connectivity index (χ4n) is 8.37. The molecular weight excluding hydrogens is 681 g/mol. The highest BCUT2D eigenvalue weighted by Gasteiger charge is 2.20. The van der Waals surface area contributed by atoms with Gasteiger partial charge in [0.15, 0.2) is 0 Å². The van der Waals surface area contributed by atoms with Gasteiger partial charge in [0.2, 0.25) is 5.91 Å². The third-order valence-electron chi connectivity index (χ3n) is 12.1. The summed E-state index contributed by atoms with van der Waals surface area (Å²) in [5.41, 5.74) is 0. The maximum Gasteiger partial charge on any atom is 0.222 e. The molecule has 1 amide bonds. The van der Waals surface area contributed by atoms with E-state index in [2.05, 4.69) is 25.7 Å². The van der Waals surface area contributed by atoms with Gasteiger partial charge in [0.05, 0.1) is 19.3 Å². The fourth-order valence-corrected chi connectivity index (χ4v) is 8.37. The van der Waals surface area contributed by atoms with E-state index in [9.17, 15) is 9.90 Å². The Balaban J connectivity index is 2.31. The minimum Gasteiger partial charge on any atom is -0.390 e. The van der Waals surface area contributed by atoms with Crippen LogP contribution in [-0.4, -0.2) is 86.1 Å². The van der Waals surface area contributed by atoms with E-state index in [1.165, 1.54) is 173 Å². The van der Waals surface area contributed by atoms with E-state index in [4.69, 9.17) is 9.47 Å². The van der Waals surface area contributed by atoms with Crippen LogP contribution in [0.15, 0.2) is 0 Å². The lowest BCUT2D eigenvalue weighted by atomic mass is 9.95. The van der Waals surface area contributed by atoms with Crippen molar-refractivity contribution < 1.29 is 19.4 Å². The molecule has 1 aliphatic heterocycles. The molecular formula is C49H98N2O4. The van der Waals surface area contributed by atoms with Crippen molar-refractivity contribution >= 4 is 5.91 Å². The third-order valence-corrected chi connectivity index (χ3v) is 12.1. The number of nitrogens with zero attached hydrogens (tertiary/aromatic N) is 2. The summed E-state index contributed by atoms with van der Waals surface area (Å²) in [5, 5.41) is 11.0. The molecule has 0 radical (unpaired) electrons. The molecule has 0 aliphatic carbocycles. The van der Waals surface area contributed by atoms with Crippen molar-refractivity contribution in [1.82, 2.24) is 9.80 Å². The van der Waals surface area contributed by atoms with E-state index in [1.54, 1.807) is 0 Å². The minimum atomic E-state index is -0.503. The molecule has 2 atom stereocenters. The molecule has 0 bridgehead atoms. The topological polar surface area (TPSA) is 62.2 Å². The van der Waals surface area contributed by atoms with Crippen molar-refractivity contribution in [3.8, 4) is 0 Å². The van der Waals surface area contributed by atoms with Crippen molar-refractivity contribution in [3.05, 3.63) is 0 Å². The zero-order valence-corrected chi connectivity index (χ0v) is 37.6. The maximum absolute atomic E-state index is 13.4. The smallest absolute Gasteiger partial charge is 0.222 e. The average Bonchev–Trinajstić information content (AvgIpc) is 3.19. The van der Waals surface area contributed by atoms with E-state index in [0.717, 1.165) is 90.5 Å². The van der Waals surface area contributed by atoms with E-state index in [0.29, 0.717) is 19.5 Å². The normalized spacial score (nSPS) is 14.8. The Hall–Kier alpha value is -0.690. The van der Waals surface area contributed by atoms with Crippen LogP contribution >= 0.6 is 0 Å². The summed E-state index contributed by atoms with van der Waals surface area (Å²) < 4.78 is 11.8. The van der Waals surface area contributed by atoms with Crippen LogP contribution in [0.3, 0.4) is 0 Å². The van der Waals surface area contributed by atoms with Crippen molar-refractivity contribution in [2.75, 3.05) is 59.2 Å². The molecule has 0 aromatic carbocycles. The van der Waals surface area contributed by atoms with Gasteiger partial charge in [0, 0.05) is 52.4 Å². The van der Waals surface area contributed by atoms with Crippen molar-refractivity contribution in [2.24, 2.45) is 5.92 Å². The zero-order chi connectivity index (χ0) is 39.7. The number of ether oxygens (including phenoxy) is 2. The number of β-amino-alcohol motifs (C(OH)–C–C–N with tert-alkyl or cyclic N) is 1. The molecule has 6 heteroatoms. The van der Waals surface area contributed by atoms with E-state index >= 15 is 0 Å². The van der Waals surface area contributed by atoms with Gasteiger partial charge in [-0.2, -0.15) is 0 Å². The Bertz CT molecular complexity index is 776. The van der Waals surface area contributed by atoms with Gasteiger partial charge in [0.25, 0.3) is 0 Å². The Morgan fingerprint density at radius 3 is 1.49 bits per heavy atom. The molecule has 328 valence electrons. The molecule has 1 saturated heterocycles. The van der Waals surface area contributed by atoms with Crippen LogP contribution in [-0.2, 0) is 14.3 Å². The van der Waals surface area contributed by atoms with Gasteiger partial charge in [-0.1, -0.05) is 201 Å². The highest BCUT2D eigenvalue weighted by molar-refractivity contribution is 5.76. The molecule has 6 nitrogen and oxygen atoms in total. The first kappa shape index (κ1) is 52.3. The molecule has 1 aliphatic rings. The van der Waals surface area contributed by atoms with Gasteiger partial charge in [-0.15, -0.1) is 0 Å². The predicted molar refractivity (Wildman–Crippen MR) is 238 cm³/mol. The highest BCUT2D eigenvalue weighted by Crippen LogP contribution is 2.20. The van der Waals surface area contributed by atoms with Gasteiger partial charge < -0.3 is 19.5 Å². The summed E-state index contributed by atoms with van der Waals surface area (Å²) in [6, 6.07) is 0. The van der Waals surface area contributed by atoms with Crippen molar-refractivity contribution in [3.63, 3.8) is 0 Å². The number of carbonyl (C=O) groups is 1. The summed E-state index contributed by atoms with van der Waals surface area (Å²) in [7, 11) is 0. The molecule has 1 fully saturated rings. The number of unbranched alkanes of at least 4 members (excludes halogenated alkanes) is 27. The number of hydrogen-bond donors (Lipinski definition) is 1. The fraction of sp³-hybridized carbons (Fsp3) is 0.980. The molecule has 0 spiro atoms. The van der Waals surface area contributed by atoms with E-state index in [1.807, 2.05) is 4.90 Å². The Morgan fingerprint density at radius 1 is 0.582 bits per heavy atom. The number of amides is 1. The Kier molecular flexibility index (Phi) is 39.5. The van der Waals surface area contributed by atoms with Crippen molar-refractivity contribution in [1.29, 1.82) is 0 Å². The van der Waals surface area contributed by atoms with Crippen LogP contribution < -0.4 is 0 Å². The van der Waals surface area contributed by atoms with Crippen LogP contribution in [0.25, 0.3) is 0 Å².